The zero-order chi connectivity index (χ0) is 18.0. The number of fused-ring (bicyclic) bond motifs is 1. The van der Waals surface area contributed by atoms with Crippen LogP contribution in [0.4, 0.5) is 13.2 Å². The highest BCUT2D eigenvalue weighted by molar-refractivity contribution is 6.05. The Morgan fingerprint density at radius 2 is 1.72 bits per heavy atom. The van der Waals surface area contributed by atoms with Gasteiger partial charge in [0, 0.05) is 25.2 Å². The lowest BCUT2D eigenvalue weighted by Gasteiger charge is -2.18. The number of alkyl halides is 3. The predicted octanol–water partition coefficient (Wildman–Crippen LogP) is 4.53. The lowest BCUT2D eigenvalue weighted by molar-refractivity contribution is -0.136. The van der Waals surface area contributed by atoms with Crippen molar-refractivity contribution >= 4 is 16.7 Å². The third-order valence-corrected chi connectivity index (χ3v) is 3.92. The van der Waals surface area contributed by atoms with Crippen LogP contribution in [0.2, 0.25) is 0 Å². The number of benzene rings is 2. The third kappa shape index (κ3) is 3.47. The van der Waals surface area contributed by atoms with Crippen molar-refractivity contribution < 1.29 is 18.0 Å². The largest absolute Gasteiger partial charge is 0.417 e. The van der Waals surface area contributed by atoms with Gasteiger partial charge < -0.3 is 4.90 Å². The zero-order valence-corrected chi connectivity index (χ0v) is 13.4. The first kappa shape index (κ1) is 17.0. The molecular weight excluding hydrogens is 329 g/mol. The number of pyridine rings is 1. The number of carbonyl (C=O) groups is 1. The summed E-state index contributed by atoms with van der Waals surface area (Å²) in [5, 5.41) is 0.170. The fourth-order valence-corrected chi connectivity index (χ4v) is 2.73. The molecule has 1 heterocycles. The van der Waals surface area contributed by atoms with E-state index in [1.807, 2.05) is 30.3 Å². The molecule has 25 heavy (non-hydrogen) atoms. The fourth-order valence-electron chi connectivity index (χ4n) is 2.73. The maximum atomic E-state index is 13.2. The molecule has 0 aliphatic heterocycles. The smallest absolute Gasteiger partial charge is 0.336 e. The van der Waals surface area contributed by atoms with E-state index in [0.29, 0.717) is 6.54 Å². The Morgan fingerprint density at radius 3 is 2.40 bits per heavy atom. The predicted molar refractivity (Wildman–Crippen MR) is 89.0 cm³/mol. The summed E-state index contributed by atoms with van der Waals surface area (Å²) in [6, 6.07) is 14.4. The second-order valence-corrected chi connectivity index (χ2v) is 5.70. The van der Waals surface area contributed by atoms with E-state index in [9.17, 15) is 18.0 Å². The molecule has 0 saturated carbocycles. The highest BCUT2D eigenvalue weighted by Gasteiger charge is 2.33. The SMILES string of the molecule is CN(Cc1ccccc1)C(=O)c1nccc2c(C(F)(F)F)cccc12. The number of rotatable bonds is 3. The normalized spacial score (nSPS) is 11.5. The Labute approximate surface area is 142 Å². The van der Waals surface area contributed by atoms with Crippen LogP contribution in [0.25, 0.3) is 10.8 Å². The Balaban J connectivity index is 1.99. The molecule has 6 heteroatoms. The lowest BCUT2D eigenvalue weighted by Crippen LogP contribution is -2.27. The van der Waals surface area contributed by atoms with Gasteiger partial charge in [-0.3, -0.25) is 9.78 Å². The molecule has 0 radical (unpaired) electrons. The van der Waals surface area contributed by atoms with Gasteiger partial charge in [-0.05, 0) is 23.1 Å². The van der Waals surface area contributed by atoms with Crippen LogP contribution in [0, 0.1) is 0 Å². The highest BCUT2D eigenvalue weighted by Crippen LogP contribution is 2.35. The molecular formula is C19H15F3N2O. The van der Waals surface area contributed by atoms with Gasteiger partial charge >= 0.3 is 6.18 Å². The molecule has 0 spiro atoms. The van der Waals surface area contributed by atoms with Crippen molar-refractivity contribution in [3.63, 3.8) is 0 Å². The molecule has 2 aromatic carbocycles. The topological polar surface area (TPSA) is 33.2 Å². The molecule has 0 atom stereocenters. The van der Waals surface area contributed by atoms with Gasteiger partial charge in [-0.15, -0.1) is 0 Å². The average Bonchev–Trinajstić information content (AvgIpc) is 2.60. The highest BCUT2D eigenvalue weighted by atomic mass is 19.4. The van der Waals surface area contributed by atoms with Gasteiger partial charge in [0.25, 0.3) is 5.91 Å². The van der Waals surface area contributed by atoms with E-state index in [1.54, 1.807) is 7.05 Å². The summed E-state index contributed by atoms with van der Waals surface area (Å²) in [6.07, 6.45) is -3.25. The first-order valence-corrected chi connectivity index (χ1v) is 7.62. The quantitative estimate of drug-likeness (QED) is 0.700. The second-order valence-electron chi connectivity index (χ2n) is 5.70. The molecule has 0 N–H and O–H groups in total. The molecule has 0 aliphatic carbocycles. The van der Waals surface area contributed by atoms with Crippen LogP contribution in [0.1, 0.15) is 21.6 Å². The molecule has 0 unspecified atom stereocenters. The number of hydrogen-bond donors (Lipinski definition) is 0. The van der Waals surface area contributed by atoms with Crippen molar-refractivity contribution in [3.8, 4) is 0 Å². The summed E-state index contributed by atoms with van der Waals surface area (Å²) in [5.41, 5.74) is 0.170. The molecule has 0 bridgehead atoms. The minimum absolute atomic E-state index is 0.0158. The van der Waals surface area contributed by atoms with Crippen LogP contribution >= 0.6 is 0 Å². The number of amides is 1. The molecule has 3 aromatic rings. The van der Waals surface area contributed by atoms with Crippen molar-refractivity contribution in [2.24, 2.45) is 0 Å². The van der Waals surface area contributed by atoms with Crippen LogP contribution in [0.15, 0.2) is 60.8 Å². The summed E-state index contributed by atoms with van der Waals surface area (Å²) < 4.78 is 39.5. The van der Waals surface area contributed by atoms with Crippen LogP contribution in [0.3, 0.4) is 0 Å². The number of hydrogen-bond acceptors (Lipinski definition) is 2. The van der Waals surface area contributed by atoms with Gasteiger partial charge in [0.05, 0.1) is 5.56 Å². The van der Waals surface area contributed by atoms with Gasteiger partial charge in [0.1, 0.15) is 5.69 Å². The van der Waals surface area contributed by atoms with Crippen molar-refractivity contribution in [1.29, 1.82) is 0 Å². The summed E-state index contributed by atoms with van der Waals surface area (Å²) >= 11 is 0. The van der Waals surface area contributed by atoms with Crippen LogP contribution in [0.5, 0.6) is 0 Å². The molecule has 0 saturated heterocycles. The Bertz CT molecular complexity index is 907. The standard InChI is InChI=1S/C19H15F3N2O/c1-24(12-13-6-3-2-4-7-13)18(25)17-15-8-5-9-16(19(20,21)22)14(15)10-11-23-17/h2-11H,12H2,1H3. The molecule has 1 aromatic heterocycles. The monoisotopic (exact) mass is 344 g/mol. The van der Waals surface area contributed by atoms with Crippen molar-refractivity contribution in [2.45, 2.75) is 12.7 Å². The van der Waals surface area contributed by atoms with E-state index in [-0.39, 0.29) is 16.5 Å². The Kier molecular flexibility index (Phi) is 4.44. The number of aromatic nitrogens is 1. The van der Waals surface area contributed by atoms with Crippen LogP contribution < -0.4 is 0 Å². The summed E-state index contributed by atoms with van der Waals surface area (Å²) in [4.78, 5) is 18.2. The second kappa shape index (κ2) is 6.55. The third-order valence-electron chi connectivity index (χ3n) is 3.92. The van der Waals surface area contributed by atoms with E-state index in [2.05, 4.69) is 4.98 Å². The molecule has 0 aliphatic rings. The van der Waals surface area contributed by atoms with Gasteiger partial charge in [-0.1, -0.05) is 42.5 Å². The molecule has 3 rings (SSSR count). The maximum Gasteiger partial charge on any atom is 0.417 e. The molecule has 1 amide bonds. The van der Waals surface area contributed by atoms with Crippen LogP contribution in [-0.4, -0.2) is 22.8 Å². The number of carbonyl (C=O) groups excluding carboxylic acids is 1. The number of nitrogens with zero attached hydrogens (tertiary/aromatic N) is 2. The lowest BCUT2D eigenvalue weighted by atomic mass is 10.0. The summed E-state index contributed by atoms with van der Waals surface area (Å²) in [6.45, 7) is 0.344. The van der Waals surface area contributed by atoms with Crippen LogP contribution in [-0.2, 0) is 12.7 Å². The van der Waals surface area contributed by atoms with E-state index in [1.165, 1.54) is 29.3 Å². The number of halogens is 3. The Hall–Kier alpha value is -2.89. The van der Waals surface area contributed by atoms with Gasteiger partial charge in [-0.2, -0.15) is 13.2 Å². The van der Waals surface area contributed by atoms with E-state index in [0.717, 1.165) is 11.6 Å². The summed E-state index contributed by atoms with van der Waals surface area (Å²) in [5.74, 6) is -0.422. The molecule has 3 nitrogen and oxygen atoms in total. The maximum absolute atomic E-state index is 13.2. The molecule has 0 fully saturated rings. The van der Waals surface area contributed by atoms with E-state index in [4.69, 9.17) is 0 Å². The van der Waals surface area contributed by atoms with Crippen molar-refractivity contribution in [2.75, 3.05) is 7.05 Å². The van der Waals surface area contributed by atoms with Gasteiger partial charge in [0.15, 0.2) is 0 Å². The van der Waals surface area contributed by atoms with Gasteiger partial charge in [-0.25, -0.2) is 0 Å². The minimum Gasteiger partial charge on any atom is -0.336 e. The Morgan fingerprint density at radius 1 is 1.00 bits per heavy atom. The fraction of sp³-hybridized carbons (Fsp3) is 0.158. The zero-order valence-electron chi connectivity index (χ0n) is 13.4. The van der Waals surface area contributed by atoms with E-state index >= 15 is 0 Å². The first-order valence-electron chi connectivity index (χ1n) is 7.62. The van der Waals surface area contributed by atoms with Gasteiger partial charge in [0.2, 0.25) is 0 Å². The molecule has 128 valence electrons. The van der Waals surface area contributed by atoms with Crippen molar-refractivity contribution in [1.82, 2.24) is 9.88 Å². The average molecular weight is 344 g/mol. The summed E-state index contributed by atoms with van der Waals surface area (Å²) in [7, 11) is 1.60. The van der Waals surface area contributed by atoms with Crippen molar-refractivity contribution in [3.05, 3.63) is 77.6 Å². The minimum atomic E-state index is -4.49. The van der Waals surface area contributed by atoms with E-state index < -0.39 is 17.6 Å². The first-order chi connectivity index (χ1) is 11.9.